The van der Waals surface area contributed by atoms with E-state index in [4.69, 9.17) is 23.2 Å². The van der Waals surface area contributed by atoms with Crippen LogP contribution in [0.25, 0.3) is 0 Å². The standard InChI is InChI=1S/C34H45Cl2N3O4S/c1-5-22(3)37-33(41)31(6-2)38(20-26-7-10-28(35)16-30(26)36)32(40)21-39(44(4,42)43)29-11-8-27(9-12-29)34-17-23-13-24(18-34)15-25(14-23)19-34/h7-12,16,22-25,31H,5-6,13-15,17-21H2,1-4H3,(H,37,41)/t22-,23?,24?,25?,31-,34?/m0/s1. The zero-order chi connectivity index (χ0) is 31.8. The molecule has 0 aromatic heterocycles. The van der Waals surface area contributed by atoms with Crippen molar-refractivity contribution in [3.05, 3.63) is 63.6 Å². The minimum atomic E-state index is -3.82. The van der Waals surface area contributed by atoms with Crippen molar-refractivity contribution < 1.29 is 18.0 Å². The van der Waals surface area contributed by atoms with Crippen LogP contribution >= 0.6 is 23.2 Å². The molecule has 240 valence electrons. The highest BCUT2D eigenvalue weighted by molar-refractivity contribution is 7.92. The summed E-state index contributed by atoms with van der Waals surface area (Å²) < 4.78 is 27.4. The Kier molecular flexibility index (Phi) is 9.93. The van der Waals surface area contributed by atoms with Gasteiger partial charge in [0.2, 0.25) is 21.8 Å². The van der Waals surface area contributed by atoms with Crippen LogP contribution in [0.4, 0.5) is 5.69 Å². The van der Waals surface area contributed by atoms with Crippen LogP contribution in [-0.2, 0) is 31.6 Å². The molecule has 0 radical (unpaired) electrons. The first-order chi connectivity index (χ1) is 20.8. The molecule has 2 aromatic carbocycles. The summed E-state index contributed by atoms with van der Waals surface area (Å²) in [6.45, 7) is 5.31. The number of nitrogens with one attached hydrogen (secondary N) is 1. The summed E-state index contributed by atoms with van der Waals surface area (Å²) in [5.41, 5.74) is 2.53. The summed E-state index contributed by atoms with van der Waals surface area (Å²) in [6, 6.07) is 11.9. The number of hydrogen-bond acceptors (Lipinski definition) is 4. The fraction of sp³-hybridized carbons (Fsp3) is 0.588. The molecular formula is C34H45Cl2N3O4S. The molecule has 44 heavy (non-hydrogen) atoms. The Bertz CT molecular complexity index is 1440. The van der Waals surface area contributed by atoms with Crippen molar-refractivity contribution in [2.24, 2.45) is 17.8 Å². The second-order valence-electron chi connectivity index (χ2n) is 13.5. The lowest BCUT2D eigenvalue weighted by Gasteiger charge is -2.57. The molecule has 7 nitrogen and oxygen atoms in total. The van der Waals surface area contributed by atoms with Crippen molar-refractivity contribution in [3.63, 3.8) is 0 Å². The van der Waals surface area contributed by atoms with E-state index in [2.05, 4.69) is 17.4 Å². The van der Waals surface area contributed by atoms with Gasteiger partial charge in [0.1, 0.15) is 12.6 Å². The van der Waals surface area contributed by atoms with Gasteiger partial charge in [-0.1, -0.05) is 55.2 Å². The van der Waals surface area contributed by atoms with E-state index in [0.717, 1.165) is 34.7 Å². The molecule has 0 heterocycles. The number of carbonyl (C=O) groups excluding carboxylic acids is 2. The summed E-state index contributed by atoms with van der Waals surface area (Å²) in [7, 11) is -3.82. The predicted octanol–water partition coefficient (Wildman–Crippen LogP) is 6.95. The number of halogens is 2. The molecular weight excluding hydrogens is 617 g/mol. The van der Waals surface area contributed by atoms with Gasteiger partial charge in [-0.05, 0) is 117 Å². The Labute approximate surface area is 272 Å². The molecule has 10 heteroatoms. The molecule has 2 atom stereocenters. The van der Waals surface area contributed by atoms with Gasteiger partial charge >= 0.3 is 0 Å². The molecule has 4 bridgehead atoms. The number of carbonyl (C=O) groups is 2. The third-order valence-corrected chi connectivity index (χ3v) is 12.0. The lowest BCUT2D eigenvalue weighted by atomic mass is 9.48. The van der Waals surface area contributed by atoms with Crippen molar-refractivity contribution in [3.8, 4) is 0 Å². The fourth-order valence-electron chi connectivity index (χ4n) is 8.25. The lowest BCUT2D eigenvalue weighted by molar-refractivity contribution is -0.140. The Morgan fingerprint density at radius 3 is 2.05 bits per heavy atom. The fourth-order valence-corrected chi connectivity index (χ4v) is 9.57. The topological polar surface area (TPSA) is 86.8 Å². The average Bonchev–Trinajstić information content (AvgIpc) is 2.95. The first kappa shape index (κ1) is 33.1. The van der Waals surface area contributed by atoms with E-state index < -0.39 is 28.5 Å². The summed E-state index contributed by atoms with van der Waals surface area (Å²) in [4.78, 5) is 28.9. The Morgan fingerprint density at radius 2 is 1.55 bits per heavy atom. The molecule has 0 spiro atoms. The minimum absolute atomic E-state index is 0.0316. The van der Waals surface area contributed by atoms with Crippen molar-refractivity contribution in [1.82, 2.24) is 10.2 Å². The first-order valence-corrected chi connectivity index (χ1v) is 18.5. The molecule has 6 rings (SSSR count). The number of sulfonamides is 1. The van der Waals surface area contributed by atoms with Crippen LogP contribution in [0, 0.1) is 17.8 Å². The van der Waals surface area contributed by atoms with Crippen LogP contribution in [-0.4, -0.2) is 50.0 Å². The van der Waals surface area contributed by atoms with Gasteiger partial charge in [0.05, 0.1) is 11.9 Å². The van der Waals surface area contributed by atoms with Crippen LogP contribution in [0.1, 0.15) is 83.3 Å². The van der Waals surface area contributed by atoms with Crippen LogP contribution in [0.2, 0.25) is 10.0 Å². The number of benzene rings is 2. The van der Waals surface area contributed by atoms with Gasteiger partial charge in [-0.3, -0.25) is 13.9 Å². The largest absolute Gasteiger partial charge is 0.352 e. The van der Waals surface area contributed by atoms with Crippen LogP contribution in [0.3, 0.4) is 0 Å². The molecule has 1 N–H and O–H groups in total. The monoisotopic (exact) mass is 661 g/mol. The molecule has 0 unspecified atom stereocenters. The first-order valence-electron chi connectivity index (χ1n) is 15.9. The van der Waals surface area contributed by atoms with E-state index >= 15 is 0 Å². The van der Waals surface area contributed by atoms with Crippen molar-refractivity contribution >= 4 is 50.7 Å². The van der Waals surface area contributed by atoms with Crippen molar-refractivity contribution in [1.29, 1.82) is 0 Å². The molecule has 4 aliphatic rings. The van der Waals surface area contributed by atoms with Crippen LogP contribution in [0.5, 0.6) is 0 Å². The molecule has 2 aromatic rings. The molecule has 0 saturated heterocycles. The van der Waals surface area contributed by atoms with Crippen molar-refractivity contribution in [2.75, 3.05) is 17.1 Å². The molecule has 2 amide bonds. The average molecular weight is 663 g/mol. The summed E-state index contributed by atoms with van der Waals surface area (Å²) in [6.07, 6.45) is 9.90. The summed E-state index contributed by atoms with van der Waals surface area (Å²) >= 11 is 12.6. The number of hydrogen-bond donors (Lipinski definition) is 1. The highest BCUT2D eigenvalue weighted by Gasteiger charge is 2.51. The zero-order valence-electron chi connectivity index (χ0n) is 26.2. The highest BCUT2D eigenvalue weighted by atomic mass is 35.5. The van der Waals surface area contributed by atoms with Gasteiger partial charge in [-0.15, -0.1) is 0 Å². The zero-order valence-corrected chi connectivity index (χ0v) is 28.5. The van der Waals surface area contributed by atoms with E-state index in [-0.39, 0.29) is 23.9 Å². The minimum Gasteiger partial charge on any atom is -0.352 e. The highest BCUT2D eigenvalue weighted by Crippen LogP contribution is 2.60. The van der Waals surface area contributed by atoms with E-state index in [9.17, 15) is 18.0 Å². The number of anilines is 1. The second kappa shape index (κ2) is 13.2. The smallest absolute Gasteiger partial charge is 0.244 e. The van der Waals surface area contributed by atoms with E-state index in [1.165, 1.54) is 49.0 Å². The van der Waals surface area contributed by atoms with E-state index in [1.54, 1.807) is 18.2 Å². The van der Waals surface area contributed by atoms with Gasteiger partial charge in [0.15, 0.2) is 0 Å². The van der Waals surface area contributed by atoms with Gasteiger partial charge in [0.25, 0.3) is 0 Å². The number of rotatable bonds is 12. The Morgan fingerprint density at radius 1 is 0.955 bits per heavy atom. The quantitative estimate of drug-likeness (QED) is 0.267. The molecule has 4 saturated carbocycles. The van der Waals surface area contributed by atoms with Gasteiger partial charge in [-0.2, -0.15) is 0 Å². The Hall–Kier alpha value is -2.29. The van der Waals surface area contributed by atoms with Crippen molar-refractivity contribution in [2.45, 2.75) is 96.2 Å². The van der Waals surface area contributed by atoms with Crippen LogP contribution in [0.15, 0.2) is 42.5 Å². The van der Waals surface area contributed by atoms with Crippen LogP contribution < -0.4 is 9.62 Å². The van der Waals surface area contributed by atoms with E-state index in [0.29, 0.717) is 27.7 Å². The maximum atomic E-state index is 14.1. The maximum absolute atomic E-state index is 14.1. The molecule has 4 fully saturated rings. The second-order valence-corrected chi connectivity index (χ2v) is 16.3. The number of amides is 2. The molecule has 4 aliphatic carbocycles. The normalized spacial score (nSPS) is 25.4. The third-order valence-electron chi connectivity index (χ3n) is 10.2. The SMILES string of the molecule is CC[C@H](C)NC(=O)[C@H](CC)N(Cc1ccc(Cl)cc1Cl)C(=O)CN(c1ccc(C23CC4CC(CC(C4)C2)C3)cc1)S(C)(=O)=O. The summed E-state index contributed by atoms with van der Waals surface area (Å²) in [5.74, 6) is 1.63. The van der Waals surface area contributed by atoms with E-state index in [1.807, 2.05) is 32.9 Å². The van der Waals surface area contributed by atoms with Gasteiger partial charge < -0.3 is 10.2 Å². The third kappa shape index (κ3) is 7.07. The predicted molar refractivity (Wildman–Crippen MR) is 177 cm³/mol. The maximum Gasteiger partial charge on any atom is 0.244 e. The van der Waals surface area contributed by atoms with Gasteiger partial charge in [0, 0.05) is 22.6 Å². The Balaban J connectivity index is 1.42. The lowest BCUT2D eigenvalue weighted by Crippen LogP contribution is -2.53. The number of nitrogens with zero attached hydrogens (tertiary/aromatic N) is 2. The summed E-state index contributed by atoms with van der Waals surface area (Å²) in [5, 5.41) is 3.81. The molecule has 0 aliphatic heterocycles. The van der Waals surface area contributed by atoms with Gasteiger partial charge in [-0.25, -0.2) is 8.42 Å².